The molecule has 1 aromatic rings. The van der Waals surface area contributed by atoms with E-state index < -0.39 is 0 Å². The minimum absolute atomic E-state index is 0.176. The van der Waals surface area contributed by atoms with Crippen LogP contribution in [-0.2, 0) is 16.0 Å². The number of rotatable bonds is 2. The Kier molecular flexibility index (Phi) is 2.30. The molecular weight excluding hydrogens is 262 g/mol. The van der Waals surface area contributed by atoms with Crippen LogP contribution in [0.3, 0.4) is 0 Å². The quantitative estimate of drug-likeness (QED) is 0.813. The largest absolute Gasteiger partial charge is 0.350 e. The van der Waals surface area contributed by atoms with Gasteiger partial charge in [0.1, 0.15) is 4.60 Å². The highest BCUT2D eigenvalue weighted by atomic mass is 79.9. The van der Waals surface area contributed by atoms with E-state index in [1.165, 1.54) is 12.8 Å². The summed E-state index contributed by atoms with van der Waals surface area (Å²) in [6, 6.07) is 0. The third-order valence-electron chi connectivity index (χ3n) is 2.95. The Hall–Kier alpha value is -0.460. The van der Waals surface area contributed by atoms with Gasteiger partial charge in [0.25, 0.3) is 0 Å². The van der Waals surface area contributed by atoms with Crippen molar-refractivity contribution < 1.29 is 9.47 Å². The Morgan fingerprint density at radius 2 is 2.20 bits per heavy atom. The predicted molar refractivity (Wildman–Crippen MR) is 55.1 cm³/mol. The third-order valence-corrected chi connectivity index (χ3v) is 3.32. The molecule has 0 unspecified atom stereocenters. The highest BCUT2D eigenvalue weighted by molar-refractivity contribution is 9.10. The van der Waals surface area contributed by atoms with Gasteiger partial charge in [0.2, 0.25) is 0 Å². The van der Waals surface area contributed by atoms with Gasteiger partial charge in [0.05, 0.1) is 26.0 Å². The molecule has 0 N–H and O–H groups in total. The molecule has 1 saturated carbocycles. The molecule has 2 heterocycles. The van der Waals surface area contributed by atoms with Crippen molar-refractivity contribution in [2.75, 3.05) is 13.2 Å². The predicted octanol–water partition coefficient (Wildman–Crippen LogP) is 1.19. The fourth-order valence-electron chi connectivity index (χ4n) is 1.72. The number of hydrogen-bond donors (Lipinski definition) is 0. The zero-order chi connectivity index (χ0) is 10.3. The Balaban J connectivity index is 1.56. The summed E-state index contributed by atoms with van der Waals surface area (Å²) < 4.78 is 13.7. The van der Waals surface area contributed by atoms with Crippen LogP contribution in [-0.4, -0.2) is 34.5 Å². The second-order valence-electron chi connectivity index (χ2n) is 4.31. The molecule has 1 aliphatic carbocycles. The molecule has 6 heteroatoms. The van der Waals surface area contributed by atoms with Gasteiger partial charge in [-0.1, -0.05) is 5.21 Å². The van der Waals surface area contributed by atoms with E-state index in [1.54, 1.807) is 4.68 Å². The van der Waals surface area contributed by atoms with Crippen molar-refractivity contribution >= 4 is 15.9 Å². The maximum atomic E-state index is 5.64. The SMILES string of the molecule is Brc1cn(CC2OCC3(CC3)CO2)nn1. The number of ether oxygens (including phenoxy) is 2. The zero-order valence-electron chi connectivity index (χ0n) is 8.23. The molecule has 1 saturated heterocycles. The average Bonchev–Trinajstić information content (AvgIpc) is 2.87. The molecule has 0 atom stereocenters. The topological polar surface area (TPSA) is 49.2 Å². The van der Waals surface area contributed by atoms with Gasteiger partial charge in [-0.05, 0) is 28.8 Å². The average molecular weight is 274 g/mol. The molecule has 0 amide bonds. The van der Waals surface area contributed by atoms with Gasteiger partial charge in [-0.3, -0.25) is 0 Å². The lowest BCUT2D eigenvalue weighted by Crippen LogP contribution is -2.36. The summed E-state index contributed by atoms with van der Waals surface area (Å²) in [5.41, 5.74) is 0.361. The van der Waals surface area contributed by atoms with E-state index in [9.17, 15) is 0 Å². The lowest BCUT2D eigenvalue weighted by atomic mass is 10.1. The minimum atomic E-state index is -0.176. The van der Waals surface area contributed by atoms with Crippen molar-refractivity contribution in [3.05, 3.63) is 10.8 Å². The van der Waals surface area contributed by atoms with E-state index in [4.69, 9.17) is 9.47 Å². The Bertz CT molecular complexity index is 354. The number of aromatic nitrogens is 3. The minimum Gasteiger partial charge on any atom is -0.350 e. The van der Waals surface area contributed by atoms with Crippen LogP contribution in [0.1, 0.15) is 12.8 Å². The summed E-state index contributed by atoms with van der Waals surface area (Å²) in [6.45, 7) is 2.26. The van der Waals surface area contributed by atoms with E-state index in [1.807, 2.05) is 6.20 Å². The molecule has 1 aromatic heterocycles. The second-order valence-corrected chi connectivity index (χ2v) is 5.13. The van der Waals surface area contributed by atoms with E-state index in [-0.39, 0.29) is 6.29 Å². The summed E-state index contributed by atoms with van der Waals surface area (Å²) in [6.07, 6.45) is 4.13. The van der Waals surface area contributed by atoms with E-state index in [0.717, 1.165) is 17.8 Å². The number of hydrogen-bond acceptors (Lipinski definition) is 4. The monoisotopic (exact) mass is 273 g/mol. The normalized spacial score (nSPS) is 24.6. The van der Waals surface area contributed by atoms with Crippen molar-refractivity contribution in [3.8, 4) is 0 Å². The molecule has 2 aliphatic rings. The van der Waals surface area contributed by atoms with Crippen LogP contribution in [0.25, 0.3) is 0 Å². The molecule has 1 spiro atoms. The van der Waals surface area contributed by atoms with Gasteiger partial charge in [-0.2, -0.15) is 0 Å². The first kappa shape index (κ1) is 9.74. The highest BCUT2D eigenvalue weighted by Crippen LogP contribution is 2.48. The third kappa shape index (κ3) is 2.07. The molecule has 5 nitrogen and oxygen atoms in total. The van der Waals surface area contributed by atoms with Crippen LogP contribution in [0.4, 0.5) is 0 Å². The van der Waals surface area contributed by atoms with Gasteiger partial charge in [0, 0.05) is 5.41 Å². The molecule has 0 bridgehead atoms. The fourth-order valence-corrected chi connectivity index (χ4v) is 2.02. The van der Waals surface area contributed by atoms with Gasteiger partial charge < -0.3 is 9.47 Å². The molecule has 0 aromatic carbocycles. The summed E-state index contributed by atoms with van der Waals surface area (Å²) in [5.74, 6) is 0. The van der Waals surface area contributed by atoms with Crippen molar-refractivity contribution in [1.29, 1.82) is 0 Å². The first-order valence-electron chi connectivity index (χ1n) is 5.05. The van der Waals surface area contributed by atoms with Crippen LogP contribution >= 0.6 is 15.9 Å². The lowest BCUT2D eigenvalue weighted by molar-refractivity contribution is -0.213. The second kappa shape index (κ2) is 3.54. The summed E-state index contributed by atoms with van der Waals surface area (Å²) in [7, 11) is 0. The Labute approximate surface area is 95.9 Å². The van der Waals surface area contributed by atoms with Crippen LogP contribution in [0.2, 0.25) is 0 Å². The molecule has 1 aliphatic heterocycles. The highest BCUT2D eigenvalue weighted by Gasteiger charge is 2.46. The maximum absolute atomic E-state index is 5.64. The van der Waals surface area contributed by atoms with E-state index >= 15 is 0 Å². The Morgan fingerprint density at radius 1 is 1.47 bits per heavy atom. The lowest BCUT2D eigenvalue weighted by Gasteiger charge is -2.29. The summed E-state index contributed by atoms with van der Waals surface area (Å²) in [5, 5.41) is 7.76. The smallest absolute Gasteiger partial charge is 0.177 e. The summed E-state index contributed by atoms with van der Waals surface area (Å²) in [4.78, 5) is 0. The van der Waals surface area contributed by atoms with E-state index in [0.29, 0.717) is 12.0 Å². The van der Waals surface area contributed by atoms with Crippen LogP contribution in [0.15, 0.2) is 10.8 Å². The van der Waals surface area contributed by atoms with Gasteiger partial charge in [-0.25, -0.2) is 4.68 Å². The molecule has 3 rings (SSSR count). The van der Waals surface area contributed by atoms with Gasteiger partial charge in [0.15, 0.2) is 6.29 Å². The summed E-state index contributed by atoms with van der Waals surface area (Å²) >= 11 is 3.25. The molecule has 0 radical (unpaired) electrons. The van der Waals surface area contributed by atoms with Gasteiger partial charge in [-0.15, -0.1) is 5.10 Å². The van der Waals surface area contributed by atoms with Crippen LogP contribution in [0, 0.1) is 5.41 Å². The van der Waals surface area contributed by atoms with Crippen molar-refractivity contribution in [2.45, 2.75) is 25.7 Å². The number of nitrogens with zero attached hydrogens (tertiary/aromatic N) is 3. The Morgan fingerprint density at radius 3 is 2.73 bits per heavy atom. The molecule has 2 fully saturated rings. The molecule has 15 heavy (non-hydrogen) atoms. The first-order chi connectivity index (χ1) is 7.26. The van der Waals surface area contributed by atoms with Gasteiger partial charge >= 0.3 is 0 Å². The zero-order valence-corrected chi connectivity index (χ0v) is 9.81. The van der Waals surface area contributed by atoms with Crippen molar-refractivity contribution in [2.24, 2.45) is 5.41 Å². The van der Waals surface area contributed by atoms with Crippen LogP contribution < -0.4 is 0 Å². The first-order valence-corrected chi connectivity index (χ1v) is 5.84. The standard InChI is InChI=1S/C9H12BrN3O2/c10-7-3-13(12-11-7)4-8-14-5-9(1-2-9)6-15-8/h3,8H,1-2,4-6H2. The van der Waals surface area contributed by atoms with Crippen molar-refractivity contribution in [3.63, 3.8) is 0 Å². The van der Waals surface area contributed by atoms with E-state index in [2.05, 4.69) is 26.2 Å². The molecule has 82 valence electrons. The number of halogens is 1. The molecular formula is C9H12BrN3O2. The maximum Gasteiger partial charge on any atom is 0.177 e. The van der Waals surface area contributed by atoms with Crippen molar-refractivity contribution in [1.82, 2.24) is 15.0 Å². The fraction of sp³-hybridized carbons (Fsp3) is 0.778. The van der Waals surface area contributed by atoms with Crippen LogP contribution in [0.5, 0.6) is 0 Å².